The highest BCUT2D eigenvalue weighted by Crippen LogP contribution is 2.22. The SMILES string of the molecule is CC1CN(C(C)C(N)=NO)CC(C)(C)O1. The van der Waals surface area contributed by atoms with Gasteiger partial charge in [-0.25, -0.2) is 0 Å². The van der Waals surface area contributed by atoms with Crippen molar-refractivity contribution in [3.63, 3.8) is 0 Å². The fraction of sp³-hybridized carbons (Fsp3) is 0.900. The van der Waals surface area contributed by atoms with E-state index in [1.807, 2.05) is 13.8 Å². The third kappa shape index (κ3) is 3.07. The summed E-state index contributed by atoms with van der Waals surface area (Å²) in [5.74, 6) is 0.250. The molecule has 5 heteroatoms. The monoisotopic (exact) mass is 215 g/mol. The molecule has 0 aromatic rings. The average Bonchev–Trinajstić information content (AvgIpc) is 2.12. The van der Waals surface area contributed by atoms with E-state index in [0.717, 1.165) is 13.1 Å². The van der Waals surface area contributed by atoms with Crippen molar-refractivity contribution in [1.82, 2.24) is 4.90 Å². The minimum Gasteiger partial charge on any atom is -0.409 e. The van der Waals surface area contributed by atoms with Gasteiger partial charge in [0.1, 0.15) is 0 Å². The fourth-order valence-corrected chi connectivity index (χ4v) is 2.07. The second-order valence-corrected chi connectivity index (χ2v) is 4.82. The van der Waals surface area contributed by atoms with Crippen LogP contribution in [0.2, 0.25) is 0 Å². The topological polar surface area (TPSA) is 71.1 Å². The molecule has 0 amide bonds. The van der Waals surface area contributed by atoms with Crippen LogP contribution in [0.4, 0.5) is 0 Å². The van der Waals surface area contributed by atoms with Crippen molar-refractivity contribution in [3.05, 3.63) is 0 Å². The number of nitrogens with zero attached hydrogens (tertiary/aromatic N) is 2. The van der Waals surface area contributed by atoms with Crippen LogP contribution in [0.5, 0.6) is 0 Å². The maximum atomic E-state index is 8.64. The molecule has 1 aliphatic rings. The molecule has 0 aromatic carbocycles. The van der Waals surface area contributed by atoms with Crippen LogP contribution in [0.3, 0.4) is 0 Å². The van der Waals surface area contributed by atoms with E-state index in [1.165, 1.54) is 0 Å². The summed E-state index contributed by atoms with van der Waals surface area (Å²) in [6, 6.07) is -0.0550. The molecular formula is C10H21N3O2. The molecule has 88 valence electrons. The molecule has 0 saturated carbocycles. The van der Waals surface area contributed by atoms with Gasteiger partial charge in [0.15, 0.2) is 5.84 Å². The largest absolute Gasteiger partial charge is 0.409 e. The number of hydrogen-bond donors (Lipinski definition) is 2. The quantitative estimate of drug-likeness (QED) is 0.306. The second kappa shape index (κ2) is 4.37. The molecule has 2 atom stereocenters. The molecular weight excluding hydrogens is 194 g/mol. The van der Waals surface area contributed by atoms with Crippen LogP contribution >= 0.6 is 0 Å². The van der Waals surface area contributed by atoms with Crippen molar-refractivity contribution in [3.8, 4) is 0 Å². The second-order valence-electron chi connectivity index (χ2n) is 4.82. The lowest BCUT2D eigenvalue weighted by atomic mass is 10.0. The van der Waals surface area contributed by atoms with Gasteiger partial charge in [0.05, 0.1) is 17.7 Å². The zero-order valence-corrected chi connectivity index (χ0v) is 9.90. The van der Waals surface area contributed by atoms with E-state index in [-0.39, 0.29) is 23.6 Å². The summed E-state index contributed by atoms with van der Waals surface area (Å²) in [6.07, 6.45) is 0.169. The molecule has 1 saturated heterocycles. The van der Waals surface area contributed by atoms with Gasteiger partial charge in [0, 0.05) is 13.1 Å². The number of amidine groups is 1. The van der Waals surface area contributed by atoms with Gasteiger partial charge in [-0.1, -0.05) is 5.16 Å². The van der Waals surface area contributed by atoms with Crippen molar-refractivity contribution in [2.45, 2.75) is 45.4 Å². The highest BCUT2D eigenvalue weighted by molar-refractivity contribution is 5.84. The minimum absolute atomic E-state index is 0.0550. The van der Waals surface area contributed by atoms with Gasteiger partial charge < -0.3 is 15.7 Å². The Hall–Kier alpha value is -0.810. The van der Waals surface area contributed by atoms with Crippen LogP contribution in [-0.4, -0.2) is 46.8 Å². The summed E-state index contributed by atoms with van der Waals surface area (Å²) in [4.78, 5) is 2.17. The Morgan fingerprint density at radius 1 is 1.67 bits per heavy atom. The molecule has 2 unspecified atom stereocenters. The molecule has 1 heterocycles. The highest BCUT2D eigenvalue weighted by atomic mass is 16.5. The van der Waals surface area contributed by atoms with E-state index in [2.05, 4.69) is 23.9 Å². The molecule has 15 heavy (non-hydrogen) atoms. The summed E-state index contributed by atoms with van der Waals surface area (Å²) in [6.45, 7) is 9.66. The third-order valence-electron chi connectivity index (χ3n) is 2.69. The van der Waals surface area contributed by atoms with Crippen LogP contribution in [0.15, 0.2) is 5.16 Å². The van der Waals surface area contributed by atoms with Gasteiger partial charge in [0.2, 0.25) is 0 Å². The van der Waals surface area contributed by atoms with E-state index < -0.39 is 0 Å². The summed E-state index contributed by atoms with van der Waals surface area (Å²) < 4.78 is 5.78. The summed E-state index contributed by atoms with van der Waals surface area (Å²) in [7, 11) is 0. The van der Waals surface area contributed by atoms with Crippen molar-refractivity contribution in [2.75, 3.05) is 13.1 Å². The summed E-state index contributed by atoms with van der Waals surface area (Å²) >= 11 is 0. The van der Waals surface area contributed by atoms with E-state index >= 15 is 0 Å². The Labute approximate surface area is 90.9 Å². The fourth-order valence-electron chi connectivity index (χ4n) is 2.07. The number of rotatable bonds is 2. The lowest BCUT2D eigenvalue weighted by molar-refractivity contribution is -0.131. The molecule has 3 N–H and O–H groups in total. The van der Waals surface area contributed by atoms with Crippen LogP contribution in [0.25, 0.3) is 0 Å². The maximum absolute atomic E-state index is 8.64. The Balaban J connectivity index is 2.70. The molecule has 0 bridgehead atoms. The predicted octanol–water partition coefficient (Wildman–Crippen LogP) is 0.621. The van der Waals surface area contributed by atoms with E-state index in [1.54, 1.807) is 0 Å². The molecule has 5 nitrogen and oxygen atoms in total. The number of morpholine rings is 1. The van der Waals surface area contributed by atoms with Crippen LogP contribution in [0.1, 0.15) is 27.7 Å². The van der Waals surface area contributed by atoms with Crippen molar-refractivity contribution < 1.29 is 9.94 Å². The lowest BCUT2D eigenvalue weighted by Gasteiger charge is -2.43. The predicted molar refractivity (Wildman–Crippen MR) is 59.1 cm³/mol. The number of hydrogen-bond acceptors (Lipinski definition) is 4. The van der Waals surface area contributed by atoms with E-state index in [0.29, 0.717) is 0 Å². The first kappa shape index (κ1) is 12.3. The third-order valence-corrected chi connectivity index (χ3v) is 2.69. The summed E-state index contributed by atoms with van der Waals surface area (Å²) in [5.41, 5.74) is 5.42. The van der Waals surface area contributed by atoms with Crippen molar-refractivity contribution in [1.29, 1.82) is 0 Å². The van der Waals surface area contributed by atoms with Gasteiger partial charge in [-0.3, -0.25) is 4.90 Å². The summed E-state index contributed by atoms with van der Waals surface area (Å²) in [5, 5.41) is 11.7. The number of oxime groups is 1. The zero-order valence-electron chi connectivity index (χ0n) is 9.90. The molecule has 1 rings (SSSR count). The number of nitrogens with two attached hydrogens (primary N) is 1. The molecule has 0 aromatic heterocycles. The van der Waals surface area contributed by atoms with E-state index in [9.17, 15) is 0 Å². The standard InChI is InChI=1S/C10H21N3O2/c1-7-5-13(6-10(3,4)15-7)8(2)9(11)12-14/h7-8,14H,5-6H2,1-4H3,(H2,11,12). The van der Waals surface area contributed by atoms with Crippen molar-refractivity contribution >= 4 is 5.84 Å². The number of ether oxygens (including phenoxy) is 1. The van der Waals surface area contributed by atoms with Gasteiger partial charge in [-0.05, 0) is 27.7 Å². The van der Waals surface area contributed by atoms with Crippen LogP contribution in [0, 0.1) is 0 Å². The molecule has 1 fully saturated rings. The first-order chi connectivity index (χ1) is 6.85. The van der Waals surface area contributed by atoms with Gasteiger partial charge in [0.25, 0.3) is 0 Å². The maximum Gasteiger partial charge on any atom is 0.156 e. The Kier molecular flexibility index (Phi) is 3.57. The zero-order chi connectivity index (χ0) is 11.6. The Morgan fingerprint density at radius 2 is 2.27 bits per heavy atom. The van der Waals surface area contributed by atoms with Gasteiger partial charge in [-0.15, -0.1) is 0 Å². The molecule has 1 aliphatic heterocycles. The first-order valence-corrected chi connectivity index (χ1v) is 5.25. The molecule has 0 radical (unpaired) electrons. The highest BCUT2D eigenvalue weighted by Gasteiger charge is 2.34. The normalized spacial score (nSPS) is 30.1. The van der Waals surface area contributed by atoms with E-state index in [4.69, 9.17) is 15.7 Å². The van der Waals surface area contributed by atoms with Gasteiger partial charge >= 0.3 is 0 Å². The lowest BCUT2D eigenvalue weighted by Crippen LogP contribution is -2.57. The first-order valence-electron chi connectivity index (χ1n) is 5.25. The Morgan fingerprint density at radius 3 is 2.73 bits per heavy atom. The average molecular weight is 215 g/mol. The van der Waals surface area contributed by atoms with Gasteiger partial charge in [-0.2, -0.15) is 0 Å². The van der Waals surface area contributed by atoms with Crippen molar-refractivity contribution in [2.24, 2.45) is 10.9 Å². The smallest absolute Gasteiger partial charge is 0.156 e. The van der Waals surface area contributed by atoms with Crippen LogP contribution in [-0.2, 0) is 4.74 Å². The minimum atomic E-state index is -0.179. The molecule has 0 aliphatic carbocycles. The van der Waals surface area contributed by atoms with Crippen LogP contribution < -0.4 is 5.73 Å². The molecule has 0 spiro atoms. The Bertz CT molecular complexity index is 253.